The summed E-state index contributed by atoms with van der Waals surface area (Å²) in [5, 5.41) is 20.2. The van der Waals surface area contributed by atoms with E-state index in [2.05, 4.69) is 107 Å². The van der Waals surface area contributed by atoms with Crippen molar-refractivity contribution in [3.05, 3.63) is 115 Å². The molecule has 5 heteroatoms. The second-order valence-electron chi connectivity index (χ2n) is 10.1. The number of rotatable bonds is 11. The Hall–Kier alpha value is -4.64. The van der Waals surface area contributed by atoms with Crippen molar-refractivity contribution in [3.8, 4) is 11.1 Å². The first kappa shape index (κ1) is 27.9. The molecular weight excluding hydrogens is 502 g/mol. The highest BCUT2D eigenvalue weighted by atomic mass is 15.1. The van der Waals surface area contributed by atoms with E-state index in [0.717, 1.165) is 53.0 Å². The zero-order chi connectivity index (χ0) is 28.4. The minimum absolute atomic E-state index is 0.801. The molecule has 0 aliphatic rings. The van der Waals surface area contributed by atoms with Crippen molar-refractivity contribution in [3.63, 3.8) is 0 Å². The summed E-state index contributed by atoms with van der Waals surface area (Å²) in [4.78, 5) is 2.31. The molecule has 0 radical (unpaired) electrons. The number of benzene rings is 5. The quantitative estimate of drug-likeness (QED) is 0.154. The van der Waals surface area contributed by atoms with Gasteiger partial charge in [-0.05, 0) is 91.9 Å². The lowest BCUT2D eigenvalue weighted by Gasteiger charge is -2.20. The number of nitrogens with zero attached hydrogens (tertiary/aromatic N) is 5. The molecule has 5 rings (SSSR count). The summed E-state index contributed by atoms with van der Waals surface area (Å²) in [5.41, 5.74) is 8.22. The number of aryl methyl sites for hydroxylation is 1. The summed E-state index contributed by atoms with van der Waals surface area (Å²) in [5.74, 6) is 0. The summed E-state index contributed by atoms with van der Waals surface area (Å²) in [6.45, 7) is 8.51. The number of hydrogen-bond donors (Lipinski definition) is 0. The van der Waals surface area contributed by atoms with E-state index in [1.165, 1.54) is 35.2 Å². The molecule has 0 bridgehead atoms. The van der Waals surface area contributed by atoms with Crippen molar-refractivity contribution in [2.75, 3.05) is 18.0 Å². The van der Waals surface area contributed by atoms with E-state index >= 15 is 0 Å². The van der Waals surface area contributed by atoms with E-state index < -0.39 is 0 Å². The lowest BCUT2D eigenvalue weighted by atomic mass is 10.0. The van der Waals surface area contributed by atoms with E-state index in [4.69, 9.17) is 0 Å². The zero-order valence-corrected chi connectivity index (χ0v) is 24.2. The third-order valence-electron chi connectivity index (χ3n) is 7.38. The SMILES string of the molecule is CCCCc1ccc(-c2ccc(/N=N/c3ccc(/N=N/c4ccc(N(CC)CC)cc4)c4ccccc34)cc2)cc1. The molecule has 5 aromatic rings. The van der Waals surface area contributed by atoms with Gasteiger partial charge in [0.1, 0.15) is 0 Å². The molecule has 0 fully saturated rings. The summed E-state index contributed by atoms with van der Waals surface area (Å²) < 4.78 is 0. The van der Waals surface area contributed by atoms with Gasteiger partial charge in [-0.2, -0.15) is 10.2 Å². The molecule has 0 atom stereocenters. The van der Waals surface area contributed by atoms with Gasteiger partial charge in [0, 0.05) is 29.5 Å². The Kier molecular flexibility index (Phi) is 9.27. The maximum absolute atomic E-state index is 4.60. The minimum atomic E-state index is 0.801. The highest BCUT2D eigenvalue weighted by molar-refractivity contribution is 5.99. The van der Waals surface area contributed by atoms with E-state index in [1.54, 1.807) is 0 Å². The molecule has 0 saturated carbocycles. The number of fused-ring (bicyclic) bond motifs is 1. The van der Waals surface area contributed by atoms with Crippen LogP contribution in [0.2, 0.25) is 0 Å². The smallest absolute Gasteiger partial charge is 0.0936 e. The maximum Gasteiger partial charge on any atom is 0.0936 e. The monoisotopic (exact) mass is 539 g/mol. The minimum Gasteiger partial charge on any atom is -0.372 e. The van der Waals surface area contributed by atoms with Crippen molar-refractivity contribution >= 4 is 39.2 Å². The molecule has 0 aliphatic carbocycles. The Morgan fingerprint density at radius 2 is 1.00 bits per heavy atom. The third-order valence-corrected chi connectivity index (χ3v) is 7.38. The lowest BCUT2D eigenvalue weighted by Crippen LogP contribution is -2.21. The van der Waals surface area contributed by atoms with Gasteiger partial charge in [0.15, 0.2) is 0 Å². The van der Waals surface area contributed by atoms with Gasteiger partial charge in [-0.3, -0.25) is 0 Å². The van der Waals surface area contributed by atoms with E-state index in [9.17, 15) is 0 Å². The average molecular weight is 540 g/mol. The van der Waals surface area contributed by atoms with Crippen LogP contribution in [0.5, 0.6) is 0 Å². The molecule has 0 heterocycles. The van der Waals surface area contributed by atoms with Gasteiger partial charge in [0.05, 0.1) is 22.7 Å². The second kappa shape index (κ2) is 13.6. The fourth-order valence-corrected chi connectivity index (χ4v) is 4.95. The van der Waals surface area contributed by atoms with Crippen molar-refractivity contribution in [1.29, 1.82) is 0 Å². The van der Waals surface area contributed by atoms with Crippen LogP contribution in [-0.2, 0) is 6.42 Å². The first-order valence-corrected chi connectivity index (χ1v) is 14.6. The largest absolute Gasteiger partial charge is 0.372 e. The molecule has 0 aliphatic heterocycles. The molecule has 0 aromatic heterocycles. The third kappa shape index (κ3) is 6.93. The predicted molar refractivity (Wildman–Crippen MR) is 173 cm³/mol. The Balaban J connectivity index is 1.31. The van der Waals surface area contributed by atoms with Crippen LogP contribution in [0.4, 0.5) is 28.4 Å². The molecular formula is C36H37N5. The van der Waals surface area contributed by atoms with Crippen LogP contribution >= 0.6 is 0 Å². The average Bonchev–Trinajstić information content (AvgIpc) is 3.03. The topological polar surface area (TPSA) is 52.7 Å². The van der Waals surface area contributed by atoms with Crippen LogP contribution in [0, 0.1) is 0 Å². The van der Waals surface area contributed by atoms with Crippen LogP contribution in [0.3, 0.4) is 0 Å². The predicted octanol–water partition coefficient (Wildman–Crippen LogP) is 11.5. The number of unbranched alkanes of at least 4 members (excludes halogenated alkanes) is 1. The molecule has 0 N–H and O–H groups in total. The Labute approximate surface area is 243 Å². The highest BCUT2D eigenvalue weighted by Gasteiger charge is 2.06. The van der Waals surface area contributed by atoms with Gasteiger partial charge >= 0.3 is 0 Å². The first-order chi connectivity index (χ1) is 20.2. The molecule has 0 amide bonds. The number of anilines is 1. The second-order valence-corrected chi connectivity index (χ2v) is 10.1. The molecule has 41 heavy (non-hydrogen) atoms. The molecule has 206 valence electrons. The Bertz CT molecular complexity index is 1610. The standard InChI is InChI=1S/C36H37N5/c1-4-7-10-27-13-15-28(16-14-27)29-17-19-30(20-18-29)37-39-35-25-26-36(34-12-9-8-11-33(34)35)40-38-31-21-23-32(24-22-31)41(5-2)6-3/h8-9,11-26H,4-7,10H2,1-3H3/b39-37+,40-38+. The van der Waals surface area contributed by atoms with Crippen LogP contribution in [0.15, 0.2) is 130 Å². The van der Waals surface area contributed by atoms with E-state index in [0.29, 0.717) is 0 Å². The van der Waals surface area contributed by atoms with Crippen LogP contribution in [0.1, 0.15) is 39.2 Å². The molecule has 0 saturated heterocycles. The van der Waals surface area contributed by atoms with Crippen molar-refractivity contribution in [2.24, 2.45) is 20.5 Å². The van der Waals surface area contributed by atoms with Crippen molar-refractivity contribution < 1.29 is 0 Å². The van der Waals surface area contributed by atoms with Gasteiger partial charge in [-0.15, -0.1) is 10.2 Å². The highest BCUT2D eigenvalue weighted by Crippen LogP contribution is 2.35. The van der Waals surface area contributed by atoms with Crippen LogP contribution in [-0.4, -0.2) is 13.1 Å². The molecule has 5 aromatic carbocycles. The molecule has 0 unspecified atom stereocenters. The number of azo groups is 2. The van der Waals surface area contributed by atoms with E-state index in [1.807, 2.05) is 48.5 Å². The van der Waals surface area contributed by atoms with Gasteiger partial charge < -0.3 is 4.90 Å². The fraction of sp³-hybridized carbons (Fsp3) is 0.222. The van der Waals surface area contributed by atoms with Crippen molar-refractivity contribution in [1.82, 2.24) is 0 Å². The van der Waals surface area contributed by atoms with Gasteiger partial charge in [-0.1, -0.05) is 74.0 Å². The fourth-order valence-electron chi connectivity index (χ4n) is 4.95. The summed E-state index contributed by atoms with van der Waals surface area (Å²) in [7, 11) is 0. The van der Waals surface area contributed by atoms with Crippen LogP contribution in [0.25, 0.3) is 21.9 Å². The first-order valence-electron chi connectivity index (χ1n) is 14.6. The Morgan fingerprint density at radius 1 is 0.512 bits per heavy atom. The number of hydrogen-bond acceptors (Lipinski definition) is 5. The normalized spacial score (nSPS) is 11.6. The van der Waals surface area contributed by atoms with Crippen molar-refractivity contribution in [2.45, 2.75) is 40.0 Å². The zero-order valence-electron chi connectivity index (χ0n) is 24.2. The van der Waals surface area contributed by atoms with Gasteiger partial charge in [0.25, 0.3) is 0 Å². The summed E-state index contributed by atoms with van der Waals surface area (Å²) in [6, 6.07) is 37.3. The van der Waals surface area contributed by atoms with Gasteiger partial charge in [-0.25, -0.2) is 0 Å². The maximum atomic E-state index is 4.60. The summed E-state index contributed by atoms with van der Waals surface area (Å²) in [6.07, 6.45) is 3.59. The lowest BCUT2D eigenvalue weighted by molar-refractivity contribution is 0.795. The van der Waals surface area contributed by atoms with Gasteiger partial charge in [0.2, 0.25) is 0 Å². The summed E-state index contributed by atoms with van der Waals surface area (Å²) >= 11 is 0. The van der Waals surface area contributed by atoms with Crippen LogP contribution < -0.4 is 4.90 Å². The molecule has 0 spiro atoms. The molecule has 5 nitrogen and oxygen atoms in total. The van der Waals surface area contributed by atoms with E-state index in [-0.39, 0.29) is 0 Å². The Morgan fingerprint density at radius 3 is 1.49 bits per heavy atom.